The number of hydrogen-bond donors (Lipinski definition) is 1. The molecule has 0 radical (unpaired) electrons. The van der Waals surface area contributed by atoms with E-state index in [1.807, 2.05) is 42.5 Å². The second-order valence-electron chi connectivity index (χ2n) is 9.42. The highest BCUT2D eigenvalue weighted by atomic mass is 32.2. The Morgan fingerprint density at radius 1 is 1.02 bits per heavy atom. The molecule has 0 aliphatic carbocycles. The number of ether oxygens (including phenoxy) is 3. The molecule has 1 fully saturated rings. The van der Waals surface area contributed by atoms with Gasteiger partial charge in [-0.25, -0.2) is 18.2 Å². The van der Waals surface area contributed by atoms with Crippen LogP contribution in [0, 0.1) is 0 Å². The van der Waals surface area contributed by atoms with E-state index in [2.05, 4.69) is 5.10 Å². The van der Waals surface area contributed by atoms with E-state index >= 15 is 0 Å². The Labute approximate surface area is 237 Å². The molecule has 3 aromatic carbocycles. The molecule has 0 spiro atoms. The third-order valence-corrected chi connectivity index (χ3v) is 8.79. The molecule has 1 atom stereocenters. The van der Waals surface area contributed by atoms with Crippen LogP contribution in [0.2, 0.25) is 0 Å². The molecule has 1 N–H and O–H groups in total. The Bertz CT molecular complexity index is 1550. The summed E-state index contributed by atoms with van der Waals surface area (Å²) in [6, 6.07) is 19.7. The molecule has 3 aromatic rings. The number of phenolic OH excluding ortho intramolecular Hbond substituents is 1. The van der Waals surface area contributed by atoms with Gasteiger partial charge < -0.3 is 19.3 Å². The number of esters is 1. The Balaban J connectivity index is 1.34. The maximum atomic E-state index is 13.3. The van der Waals surface area contributed by atoms with Crippen molar-refractivity contribution < 1.29 is 37.3 Å². The molecule has 41 heavy (non-hydrogen) atoms. The second-order valence-corrected chi connectivity index (χ2v) is 11.4. The first-order valence-corrected chi connectivity index (χ1v) is 14.4. The van der Waals surface area contributed by atoms with Crippen LogP contribution in [-0.2, 0) is 24.3 Å². The number of hydrogen-bond acceptors (Lipinski definition) is 9. The highest BCUT2D eigenvalue weighted by Gasteiger charge is 2.34. The molecule has 1 amide bonds. The maximum Gasteiger partial charge on any atom is 0.342 e. The topological polar surface area (TPSA) is 135 Å². The van der Waals surface area contributed by atoms with Crippen molar-refractivity contribution in [2.24, 2.45) is 5.10 Å². The summed E-state index contributed by atoms with van der Waals surface area (Å²) in [5, 5.41) is 16.1. The smallest absolute Gasteiger partial charge is 0.342 e. The summed E-state index contributed by atoms with van der Waals surface area (Å²) in [5.41, 5.74) is 2.01. The summed E-state index contributed by atoms with van der Waals surface area (Å²) in [6.07, 6.45) is 0.443. The predicted molar refractivity (Wildman–Crippen MR) is 148 cm³/mol. The number of phenols is 1. The minimum atomic E-state index is -3.92. The van der Waals surface area contributed by atoms with Crippen molar-refractivity contribution in [1.29, 1.82) is 0 Å². The zero-order valence-corrected chi connectivity index (χ0v) is 23.1. The third kappa shape index (κ3) is 6.09. The van der Waals surface area contributed by atoms with E-state index in [0.717, 1.165) is 23.3 Å². The van der Waals surface area contributed by atoms with Gasteiger partial charge in [-0.2, -0.15) is 9.41 Å². The minimum absolute atomic E-state index is 0.174. The van der Waals surface area contributed by atoms with Crippen LogP contribution >= 0.6 is 0 Å². The Kier molecular flexibility index (Phi) is 8.34. The Morgan fingerprint density at radius 3 is 2.41 bits per heavy atom. The highest BCUT2D eigenvalue weighted by Crippen LogP contribution is 2.34. The van der Waals surface area contributed by atoms with Crippen LogP contribution in [0.4, 0.5) is 0 Å². The first-order chi connectivity index (χ1) is 19.8. The number of carbonyl (C=O) groups excluding carboxylic acids is 2. The normalized spacial score (nSPS) is 17.6. The molecule has 0 saturated carbocycles. The van der Waals surface area contributed by atoms with Gasteiger partial charge >= 0.3 is 5.97 Å². The first-order valence-electron chi connectivity index (χ1n) is 12.9. The van der Waals surface area contributed by atoms with Crippen LogP contribution in [0.25, 0.3) is 0 Å². The predicted octanol–water partition coefficient (Wildman–Crippen LogP) is 2.96. The van der Waals surface area contributed by atoms with Gasteiger partial charge in [0.2, 0.25) is 10.0 Å². The number of morpholine rings is 1. The van der Waals surface area contributed by atoms with E-state index in [1.54, 1.807) is 19.2 Å². The van der Waals surface area contributed by atoms with Crippen molar-refractivity contribution in [3.63, 3.8) is 0 Å². The molecule has 0 bridgehead atoms. The van der Waals surface area contributed by atoms with Gasteiger partial charge in [0.25, 0.3) is 5.91 Å². The number of aromatic hydroxyl groups is 1. The Hall–Kier alpha value is -4.26. The van der Waals surface area contributed by atoms with E-state index in [-0.39, 0.29) is 36.8 Å². The number of hydrazone groups is 1. The van der Waals surface area contributed by atoms with Crippen LogP contribution in [0.3, 0.4) is 0 Å². The van der Waals surface area contributed by atoms with Crippen LogP contribution in [-0.4, -0.2) is 80.4 Å². The van der Waals surface area contributed by atoms with Gasteiger partial charge in [0.15, 0.2) is 6.61 Å². The largest absolute Gasteiger partial charge is 0.507 e. The standard InChI is InChI=1S/C29H29N3O8S/c1-38-22-9-7-21(8-10-22)26-18-25(20-5-3-2-4-6-20)30-32(26)28(34)19-40-29(35)24-17-23(11-12-27(24)33)41(36,37)31-13-15-39-16-14-31/h2-12,17,26,33H,13-16,18-19H2,1H3. The minimum Gasteiger partial charge on any atom is -0.507 e. The van der Waals surface area contributed by atoms with Gasteiger partial charge in [-0.3, -0.25) is 4.79 Å². The SMILES string of the molecule is COc1ccc(C2CC(c3ccccc3)=NN2C(=O)COC(=O)c2cc(S(=O)(=O)N3CCOCC3)ccc2O)cc1. The number of carbonyl (C=O) groups is 2. The van der Waals surface area contributed by atoms with Crippen molar-refractivity contribution in [3.8, 4) is 11.5 Å². The zero-order valence-electron chi connectivity index (χ0n) is 22.3. The molecule has 1 saturated heterocycles. The first kappa shape index (κ1) is 28.3. The molecule has 1 unspecified atom stereocenters. The lowest BCUT2D eigenvalue weighted by atomic mass is 9.98. The number of benzene rings is 3. The van der Waals surface area contributed by atoms with Gasteiger partial charge in [0.1, 0.15) is 17.1 Å². The number of nitrogens with zero attached hydrogens (tertiary/aromatic N) is 3. The van der Waals surface area contributed by atoms with Crippen molar-refractivity contribution in [2.75, 3.05) is 40.0 Å². The molecule has 214 valence electrons. The molecule has 0 aromatic heterocycles. The molecular formula is C29H29N3O8S. The molecule has 12 heteroatoms. The van der Waals surface area contributed by atoms with Gasteiger partial charge in [-0.15, -0.1) is 0 Å². The van der Waals surface area contributed by atoms with Crippen LogP contribution in [0.5, 0.6) is 11.5 Å². The van der Waals surface area contributed by atoms with Crippen LogP contribution in [0.15, 0.2) is 82.8 Å². The lowest BCUT2D eigenvalue weighted by Gasteiger charge is -2.26. The monoisotopic (exact) mass is 579 g/mol. The fourth-order valence-electron chi connectivity index (χ4n) is 4.68. The number of rotatable bonds is 8. The zero-order chi connectivity index (χ0) is 29.0. The van der Waals surface area contributed by atoms with Crippen LogP contribution < -0.4 is 4.74 Å². The summed E-state index contributed by atoms with van der Waals surface area (Å²) >= 11 is 0. The maximum absolute atomic E-state index is 13.3. The van der Waals surface area contributed by atoms with Crippen molar-refractivity contribution in [3.05, 3.63) is 89.5 Å². The van der Waals surface area contributed by atoms with E-state index < -0.39 is 40.3 Å². The van der Waals surface area contributed by atoms with Crippen molar-refractivity contribution in [1.82, 2.24) is 9.31 Å². The lowest BCUT2D eigenvalue weighted by molar-refractivity contribution is -0.136. The average molecular weight is 580 g/mol. The Morgan fingerprint density at radius 2 is 1.73 bits per heavy atom. The quantitative estimate of drug-likeness (QED) is 0.403. The summed E-state index contributed by atoms with van der Waals surface area (Å²) in [7, 11) is -2.36. The van der Waals surface area contributed by atoms with Gasteiger partial charge in [-0.1, -0.05) is 42.5 Å². The fourth-order valence-corrected chi connectivity index (χ4v) is 6.11. The fraction of sp³-hybridized carbons (Fsp3) is 0.276. The molecule has 2 aliphatic rings. The number of amides is 1. The van der Waals surface area contributed by atoms with Crippen molar-refractivity contribution in [2.45, 2.75) is 17.4 Å². The van der Waals surface area contributed by atoms with Gasteiger partial charge in [0, 0.05) is 19.5 Å². The van der Waals surface area contributed by atoms with E-state index in [0.29, 0.717) is 17.9 Å². The molecule has 5 rings (SSSR count). The molecule has 11 nitrogen and oxygen atoms in total. The van der Waals surface area contributed by atoms with E-state index in [1.165, 1.54) is 15.4 Å². The number of sulfonamides is 1. The third-order valence-electron chi connectivity index (χ3n) is 6.90. The molecular weight excluding hydrogens is 550 g/mol. The van der Waals surface area contributed by atoms with Gasteiger partial charge in [0.05, 0.1) is 37.0 Å². The average Bonchev–Trinajstić information content (AvgIpc) is 3.46. The van der Waals surface area contributed by atoms with Crippen LogP contribution in [0.1, 0.15) is 33.9 Å². The molecule has 2 heterocycles. The van der Waals surface area contributed by atoms with Gasteiger partial charge in [-0.05, 0) is 41.5 Å². The summed E-state index contributed by atoms with van der Waals surface area (Å²) in [5.74, 6) is -1.42. The summed E-state index contributed by atoms with van der Waals surface area (Å²) < 4.78 is 43.0. The summed E-state index contributed by atoms with van der Waals surface area (Å²) in [4.78, 5) is 26.1. The summed E-state index contributed by atoms with van der Waals surface area (Å²) in [6.45, 7) is 0.201. The number of methoxy groups -OCH3 is 1. The van der Waals surface area contributed by atoms with Crippen molar-refractivity contribution >= 4 is 27.6 Å². The highest BCUT2D eigenvalue weighted by molar-refractivity contribution is 7.89. The van der Waals surface area contributed by atoms with E-state index in [4.69, 9.17) is 14.2 Å². The lowest BCUT2D eigenvalue weighted by Crippen LogP contribution is -2.40. The second kappa shape index (κ2) is 12.1. The van der Waals surface area contributed by atoms with E-state index in [9.17, 15) is 23.1 Å². The molecule has 2 aliphatic heterocycles.